The number of nitrogens with one attached hydrogen (secondary N) is 1. The summed E-state index contributed by atoms with van der Waals surface area (Å²) in [7, 11) is 3.82. The van der Waals surface area contributed by atoms with E-state index < -0.39 is 0 Å². The number of aromatic nitrogens is 4. The zero-order chi connectivity index (χ0) is 13.3. The lowest BCUT2D eigenvalue weighted by Crippen LogP contribution is -2.09. The number of rotatable bonds is 4. The second-order valence-corrected chi connectivity index (χ2v) is 4.73. The van der Waals surface area contributed by atoms with Crippen LogP contribution in [0.5, 0.6) is 0 Å². The highest BCUT2D eigenvalue weighted by atomic mass is 15.3. The SMILES string of the molecule is CC(C)c1nn(C)c(NCc2ccnn2C)c1N. The van der Waals surface area contributed by atoms with E-state index >= 15 is 0 Å². The molecule has 0 unspecified atom stereocenters. The van der Waals surface area contributed by atoms with Gasteiger partial charge < -0.3 is 11.1 Å². The Balaban J connectivity index is 2.17. The lowest BCUT2D eigenvalue weighted by Gasteiger charge is -2.08. The van der Waals surface area contributed by atoms with Gasteiger partial charge in [0.25, 0.3) is 0 Å². The van der Waals surface area contributed by atoms with Gasteiger partial charge in [0.05, 0.1) is 23.6 Å². The minimum Gasteiger partial charge on any atom is -0.394 e. The molecule has 0 aliphatic rings. The first kappa shape index (κ1) is 12.5. The van der Waals surface area contributed by atoms with Crippen molar-refractivity contribution in [3.8, 4) is 0 Å². The second-order valence-electron chi connectivity index (χ2n) is 4.73. The van der Waals surface area contributed by atoms with Crippen LogP contribution >= 0.6 is 0 Å². The van der Waals surface area contributed by atoms with Gasteiger partial charge in [-0.25, -0.2) is 0 Å². The molecule has 2 heterocycles. The highest BCUT2D eigenvalue weighted by Gasteiger charge is 2.15. The van der Waals surface area contributed by atoms with E-state index in [9.17, 15) is 0 Å². The van der Waals surface area contributed by atoms with Gasteiger partial charge in [-0.05, 0) is 12.0 Å². The first-order chi connectivity index (χ1) is 8.50. The quantitative estimate of drug-likeness (QED) is 0.859. The summed E-state index contributed by atoms with van der Waals surface area (Å²) in [6, 6.07) is 1.98. The number of hydrogen-bond acceptors (Lipinski definition) is 4. The summed E-state index contributed by atoms with van der Waals surface area (Å²) < 4.78 is 3.63. The molecule has 2 aromatic rings. The Morgan fingerprint density at radius 1 is 1.33 bits per heavy atom. The van der Waals surface area contributed by atoms with Gasteiger partial charge >= 0.3 is 0 Å². The van der Waals surface area contributed by atoms with Crippen molar-refractivity contribution >= 4 is 11.5 Å². The topological polar surface area (TPSA) is 73.7 Å². The highest BCUT2D eigenvalue weighted by molar-refractivity contribution is 5.65. The van der Waals surface area contributed by atoms with Crippen molar-refractivity contribution in [1.29, 1.82) is 0 Å². The average molecular weight is 248 g/mol. The van der Waals surface area contributed by atoms with E-state index in [0.29, 0.717) is 12.5 Å². The predicted molar refractivity (Wildman–Crippen MR) is 72.2 cm³/mol. The Bertz CT molecular complexity index is 537. The summed E-state index contributed by atoms with van der Waals surface area (Å²) in [4.78, 5) is 0. The lowest BCUT2D eigenvalue weighted by atomic mass is 10.1. The molecule has 6 nitrogen and oxygen atoms in total. The Hall–Kier alpha value is -1.98. The summed E-state index contributed by atoms with van der Waals surface area (Å²) in [5.41, 5.74) is 8.88. The van der Waals surface area contributed by atoms with Gasteiger partial charge in [-0.15, -0.1) is 0 Å². The summed E-state index contributed by atoms with van der Waals surface area (Å²) in [6.07, 6.45) is 1.78. The van der Waals surface area contributed by atoms with E-state index in [0.717, 1.165) is 22.9 Å². The molecule has 3 N–H and O–H groups in total. The molecule has 0 fully saturated rings. The molecule has 0 aliphatic carbocycles. The third-order valence-electron chi connectivity index (χ3n) is 3.02. The molecular formula is C12H20N6. The van der Waals surface area contributed by atoms with Crippen molar-refractivity contribution in [2.24, 2.45) is 14.1 Å². The third-order valence-corrected chi connectivity index (χ3v) is 3.02. The molecule has 0 aliphatic heterocycles. The maximum absolute atomic E-state index is 6.11. The fourth-order valence-corrected chi connectivity index (χ4v) is 1.95. The van der Waals surface area contributed by atoms with Crippen molar-refractivity contribution in [1.82, 2.24) is 19.6 Å². The van der Waals surface area contributed by atoms with E-state index in [2.05, 4.69) is 29.4 Å². The van der Waals surface area contributed by atoms with Gasteiger partial charge in [0, 0.05) is 20.3 Å². The van der Waals surface area contributed by atoms with Crippen LogP contribution in [0.1, 0.15) is 31.2 Å². The minimum atomic E-state index is 0.323. The van der Waals surface area contributed by atoms with Crippen molar-refractivity contribution < 1.29 is 0 Å². The van der Waals surface area contributed by atoms with Crippen LogP contribution < -0.4 is 11.1 Å². The average Bonchev–Trinajstić information content (AvgIpc) is 2.82. The van der Waals surface area contributed by atoms with E-state index in [1.165, 1.54) is 0 Å². The molecule has 0 radical (unpaired) electrons. The number of nitrogens with zero attached hydrogens (tertiary/aromatic N) is 4. The Kier molecular flexibility index (Phi) is 3.27. The molecule has 0 saturated carbocycles. The molecule has 0 saturated heterocycles. The van der Waals surface area contributed by atoms with Crippen molar-refractivity contribution in [3.05, 3.63) is 23.7 Å². The van der Waals surface area contributed by atoms with Crippen LogP contribution in [0.4, 0.5) is 11.5 Å². The second kappa shape index (κ2) is 4.72. The zero-order valence-electron chi connectivity index (χ0n) is 11.3. The van der Waals surface area contributed by atoms with Crippen LogP contribution in [0.25, 0.3) is 0 Å². The first-order valence-electron chi connectivity index (χ1n) is 6.03. The van der Waals surface area contributed by atoms with Crippen LogP contribution in [-0.4, -0.2) is 19.6 Å². The summed E-state index contributed by atoms with van der Waals surface area (Å²) >= 11 is 0. The Labute approximate surface area is 107 Å². The number of anilines is 2. The molecular weight excluding hydrogens is 228 g/mol. The largest absolute Gasteiger partial charge is 0.394 e. The molecule has 0 bridgehead atoms. The van der Waals surface area contributed by atoms with Crippen LogP contribution in [0, 0.1) is 0 Å². The van der Waals surface area contributed by atoms with Gasteiger partial charge in [-0.2, -0.15) is 10.2 Å². The molecule has 6 heteroatoms. The van der Waals surface area contributed by atoms with Crippen molar-refractivity contribution in [3.63, 3.8) is 0 Å². The monoisotopic (exact) mass is 248 g/mol. The van der Waals surface area contributed by atoms with Crippen molar-refractivity contribution in [2.75, 3.05) is 11.1 Å². The zero-order valence-corrected chi connectivity index (χ0v) is 11.3. The van der Waals surface area contributed by atoms with Gasteiger partial charge in [-0.1, -0.05) is 13.8 Å². The maximum atomic E-state index is 6.11. The van der Waals surface area contributed by atoms with Gasteiger partial charge in [0.2, 0.25) is 0 Å². The van der Waals surface area contributed by atoms with Crippen LogP contribution in [-0.2, 0) is 20.6 Å². The van der Waals surface area contributed by atoms with E-state index in [-0.39, 0.29) is 0 Å². The fraction of sp³-hybridized carbons (Fsp3) is 0.500. The fourth-order valence-electron chi connectivity index (χ4n) is 1.95. The molecule has 18 heavy (non-hydrogen) atoms. The van der Waals surface area contributed by atoms with Gasteiger partial charge in [-0.3, -0.25) is 9.36 Å². The van der Waals surface area contributed by atoms with Crippen molar-refractivity contribution in [2.45, 2.75) is 26.3 Å². The van der Waals surface area contributed by atoms with Gasteiger partial charge in [0.1, 0.15) is 5.82 Å². The number of nitrogens with two attached hydrogens (primary N) is 1. The molecule has 0 atom stereocenters. The summed E-state index contributed by atoms with van der Waals surface area (Å²) in [6.45, 7) is 4.85. The molecule has 2 aromatic heterocycles. The van der Waals surface area contributed by atoms with E-state index in [1.807, 2.05) is 24.8 Å². The maximum Gasteiger partial charge on any atom is 0.148 e. The van der Waals surface area contributed by atoms with Crippen LogP contribution in [0.15, 0.2) is 12.3 Å². The smallest absolute Gasteiger partial charge is 0.148 e. The normalized spacial score (nSPS) is 11.2. The molecule has 0 spiro atoms. The Morgan fingerprint density at radius 2 is 2.06 bits per heavy atom. The van der Waals surface area contributed by atoms with Crippen LogP contribution in [0.2, 0.25) is 0 Å². The van der Waals surface area contributed by atoms with E-state index in [4.69, 9.17) is 5.73 Å². The number of hydrogen-bond donors (Lipinski definition) is 2. The summed E-state index contributed by atoms with van der Waals surface area (Å²) in [5.74, 6) is 1.18. The minimum absolute atomic E-state index is 0.323. The first-order valence-corrected chi connectivity index (χ1v) is 6.03. The molecule has 98 valence electrons. The highest BCUT2D eigenvalue weighted by Crippen LogP contribution is 2.27. The number of aryl methyl sites for hydroxylation is 2. The third kappa shape index (κ3) is 2.18. The molecule has 2 rings (SSSR count). The molecule has 0 aromatic carbocycles. The van der Waals surface area contributed by atoms with E-state index in [1.54, 1.807) is 10.9 Å². The summed E-state index contributed by atoms with van der Waals surface area (Å²) in [5, 5.41) is 11.9. The standard InChI is InChI=1S/C12H20N6/c1-8(2)11-10(13)12(18(4)16-11)14-7-9-5-6-15-17(9)3/h5-6,8,14H,7,13H2,1-4H3. The lowest BCUT2D eigenvalue weighted by molar-refractivity contribution is 0.702. The Morgan fingerprint density at radius 3 is 2.56 bits per heavy atom. The number of nitrogen functional groups attached to an aromatic ring is 1. The molecule has 0 amide bonds. The van der Waals surface area contributed by atoms with Gasteiger partial charge in [0.15, 0.2) is 0 Å². The predicted octanol–water partition coefficient (Wildman–Crippen LogP) is 1.47. The van der Waals surface area contributed by atoms with Crippen LogP contribution in [0.3, 0.4) is 0 Å².